The number of amides is 2. The number of H-pyrrole nitrogens is 1. The Kier molecular flexibility index (Phi) is 3.81. The lowest BCUT2D eigenvalue weighted by molar-refractivity contribution is -0.126. The van der Waals surface area contributed by atoms with E-state index in [1.807, 2.05) is 0 Å². The molecule has 0 bridgehead atoms. The topological polar surface area (TPSA) is 127 Å². The molecule has 82 valence electrons. The van der Waals surface area contributed by atoms with Gasteiger partial charge in [0.15, 0.2) is 0 Å². The first kappa shape index (κ1) is 11.2. The Bertz CT molecular complexity index is 335. The third-order valence-electron chi connectivity index (χ3n) is 1.74. The first-order valence-electron chi connectivity index (χ1n) is 4.39. The van der Waals surface area contributed by atoms with Gasteiger partial charge in [-0.2, -0.15) is 0 Å². The van der Waals surface area contributed by atoms with Gasteiger partial charge in [-0.05, 0) is 0 Å². The monoisotopic (exact) mass is 211 g/mol. The van der Waals surface area contributed by atoms with E-state index >= 15 is 0 Å². The summed E-state index contributed by atoms with van der Waals surface area (Å²) in [5, 5.41) is 2.52. The average Bonchev–Trinajstić information content (AvgIpc) is 2.65. The summed E-state index contributed by atoms with van der Waals surface area (Å²) >= 11 is 0. The van der Waals surface area contributed by atoms with Gasteiger partial charge < -0.3 is 21.8 Å². The molecule has 1 aromatic heterocycles. The minimum absolute atomic E-state index is 0.163. The molecule has 2 amide bonds. The summed E-state index contributed by atoms with van der Waals surface area (Å²) in [5.74, 6) is -0.407. The van der Waals surface area contributed by atoms with Gasteiger partial charge in [-0.25, -0.2) is 4.98 Å². The Hall–Kier alpha value is -1.89. The molecule has 0 spiro atoms. The Morgan fingerprint density at radius 3 is 2.87 bits per heavy atom. The average molecular weight is 211 g/mol. The van der Waals surface area contributed by atoms with Crippen LogP contribution < -0.4 is 16.8 Å². The highest BCUT2D eigenvalue weighted by Gasteiger charge is 2.15. The fourth-order valence-corrected chi connectivity index (χ4v) is 1.01. The minimum atomic E-state index is -0.905. The quantitative estimate of drug-likeness (QED) is 0.459. The molecule has 6 N–H and O–H groups in total. The molecule has 0 saturated carbocycles. The lowest BCUT2D eigenvalue weighted by atomic mass is 10.2. The van der Waals surface area contributed by atoms with Gasteiger partial charge in [-0.3, -0.25) is 9.59 Å². The summed E-state index contributed by atoms with van der Waals surface area (Å²) in [6, 6.07) is -0.905. The van der Waals surface area contributed by atoms with E-state index in [9.17, 15) is 9.59 Å². The Morgan fingerprint density at radius 1 is 1.60 bits per heavy atom. The molecule has 1 unspecified atom stereocenters. The van der Waals surface area contributed by atoms with Crippen molar-refractivity contribution in [3.05, 3.63) is 18.2 Å². The fraction of sp³-hybridized carbons (Fsp3) is 0.375. The smallest absolute Gasteiger partial charge is 0.237 e. The predicted molar refractivity (Wildman–Crippen MR) is 52.2 cm³/mol. The van der Waals surface area contributed by atoms with Gasteiger partial charge in [0.1, 0.15) is 5.82 Å². The number of imidazole rings is 1. The van der Waals surface area contributed by atoms with E-state index in [1.165, 1.54) is 0 Å². The summed E-state index contributed by atoms with van der Waals surface area (Å²) in [6.07, 6.45) is 3.06. The van der Waals surface area contributed by atoms with Gasteiger partial charge in [-0.1, -0.05) is 0 Å². The molecule has 1 heterocycles. The number of primary amides is 1. The third kappa shape index (κ3) is 3.77. The van der Waals surface area contributed by atoms with Crippen molar-refractivity contribution >= 4 is 11.8 Å². The standard InChI is InChI=1S/C8H13N5O2/c9-5(3-6(10)14)8(15)13-4-7-11-1-2-12-7/h1-2,5H,3-4,9H2,(H2,10,14)(H,11,12)(H,13,15). The molecule has 0 aliphatic carbocycles. The zero-order valence-electron chi connectivity index (χ0n) is 8.06. The number of rotatable bonds is 5. The van der Waals surface area contributed by atoms with Crippen molar-refractivity contribution in [2.24, 2.45) is 11.5 Å². The molecule has 7 nitrogen and oxygen atoms in total. The van der Waals surface area contributed by atoms with Crippen molar-refractivity contribution < 1.29 is 9.59 Å². The van der Waals surface area contributed by atoms with Gasteiger partial charge in [0.05, 0.1) is 19.0 Å². The van der Waals surface area contributed by atoms with Crippen LogP contribution in [0.4, 0.5) is 0 Å². The van der Waals surface area contributed by atoms with Crippen molar-refractivity contribution in [3.63, 3.8) is 0 Å². The molecule has 0 aromatic carbocycles. The molecule has 1 aromatic rings. The van der Waals surface area contributed by atoms with Crippen molar-refractivity contribution in [2.45, 2.75) is 19.0 Å². The Balaban J connectivity index is 2.32. The van der Waals surface area contributed by atoms with Crippen molar-refractivity contribution in [1.82, 2.24) is 15.3 Å². The zero-order chi connectivity index (χ0) is 11.3. The lowest BCUT2D eigenvalue weighted by Crippen LogP contribution is -2.42. The first-order valence-corrected chi connectivity index (χ1v) is 4.39. The number of carbonyl (C=O) groups excluding carboxylic acids is 2. The number of hydrogen-bond acceptors (Lipinski definition) is 4. The largest absolute Gasteiger partial charge is 0.370 e. The number of nitrogens with one attached hydrogen (secondary N) is 2. The molecular formula is C8H13N5O2. The van der Waals surface area contributed by atoms with Crippen LogP contribution in [0.2, 0.25) is 0 Å². The van der Waals surface area contributed by atoms with E-state index in [0.717, 1.165) is 0 Å². The highest BCUT2D eigenvalue weighted by molar-refractivity contribution is 5.87. The van der Waals surface area contributed by atoms with Crippen LogP contribution in [0.1, 0.15) is 12.2 Å². The van der Waals surface area contributed by atoms with E-state index in [2.05, 4.69) is 15.3 Å². The maximum Gasteiger partial charge on any atom is 0.237 e. The zero-order valence-corrected chi connectivity index (χ0v) is 8.06. The highest BCUT2D eigenvalue weighted by Crippen LogP contribution is 1.90. The number of nitrogens with zero attached hydrogens (tertiary/aromatic N) is 1. The van der Waals surface area contributed by atoms with Crippen LogP contribution in [0, 0.1) is 0 Å². The first-order chi connectivity index (χ1) is 7.09. The second-order valence-corrected chi connectivity index (χ2v) is 3.03. The molecule has 0 aliphatic rings. The molecule has 0 saturated heterocycles. The van der Waals surface area contributed by atoms with Gasteiger partial charge in [0.25, 0.3) is 0 Å². The normalized spacial score (nSPS) is 12.1. The van der Waals surface area contributed by atoms with Gasteiger partial charge in [-0.15, -0.1) is 0 Å². The maximum absolute atomic E-state index is 11.3. The van der Waals surface area contributed by atoms with E-state index in [-0.39, 0.29) is 13.0 Å². The van der Waals surface area contributed by atoms with E-state index in [4.69, 9.17) is 11.5 Å². The second-order valence-electron chi connectivity index (χ2n) is 3.03. The van der Waals surface area contributed by atoms with Gasteiger partial charge in [0, 0.05) is 12.4 Å². The van der Waals surface area contributed by atoms with E-state index in [0.29, 0.717) is 5.82 Å². The van der Waals surface area contributed by atoms with Crippen LogP contribution in [0.25, 0.3) is 0 Å². The van der Waals surface area contributed by atoms with Crippen molar-refractivity contribution in [3.8, 4) is 0 Å². The van der Waals surface area contributed by atoms with E-state index < -0.39 is 17.9 Å². The van der Waals surface area contributed by atoms with Crippen LogP contribution in [0.3, 0.4) is 0 Å². The van der Waals surface area contributed by atoms with E-state index in [1.54, 1.807) is 12.4 Å². The predicted octanol–water partition coefficient (Wildman–Crippen LogP) is -1.77. The molecule has 0 fully saturated rings. The lowest BCUT2D eigenvalue weighted by Gasteiger charge is -2.09. The van der Waals surface area contributed by atoms with Crippen LogP contribution in [-0.4, -0.2) is 27.8 Å². The molecule has 15 heavy (non-hydrogen) atoms. The van der Waals surface area contributed by atoms with Crippen molar-refractivity contribution in [1.29, 1.82) is 0 Å². The summed E-state index contributed by atoms with van der Waals surface area (Å²) < 4.78 is 0. The summed E-state index contributed by atoms with van der Waals surface area (Å²) in [4.78, 5) is 28.5. The number of aromatic nitrogens is 2. The number of carbonyl (C=O) groups is 2. The third-order valence-corrected chi connectivity index (χ3v) is 1.74. The van der Waals surface area contributed by atoms with Gasteiger partial charge in [0.2, 0.25) is 11.8 Å². The molecule has 0 radical (unpaired) electrons. The van der Waals surface area contributed by atoms with Crippen molar-refractivity contribution in [2.75, 3.05) is 0 Å². The molecule has 7 heteroatoms. The van der Waals surface area contributed by atoms with Crippen LogP contribution in [0.15, 0.2) is 12.4 Å². The minimum Gasteiger partial charge on any atom is -0.370 e. The Labute approximate surface area is 86.2 Å². The SMILES string of the molecule is NC(=O)CC(N)C(=O)NCc1ncc[nH]1. The fourth-order valence-electron chi connectivity index (χ4n) is 1.01. The number of aromatic amines is 1. The van der Waals surface area contributed by atoms with Crippen LogP contribution >= 0.6 is 0 Å². The number of hydrogen-bond donors (Lipinski definition) is 4. The summed E-state index contributed by atoms with van der Waals surface area (Å²) in [5.41, 5.74) is 10.3. The highest BCUT2D eigenvalue weighted by atomic mass is 16.2. The van der Waals surface area contributed by atoms with Gasteiger partial charge >= 0.3 is 0 Å². The summed E-state index contributed by atoms with van der Waals surface area (Å²) in [6.45, 7) is 0.248. The molecule has 1 rings (SSSR count). The molecular weight excluding hydrogens is 198 g/mol. The molecule has 0 aliphatic heterocycles. The summed E-state index contributed by atoms with van der Waals surface area (Å²) in [7, 11) is 0. The number of nitrogens with two attached hydrogens (primary N) is 2. The van der Waals surface area contributed by atoms with Crippen LogP contribution in [-0.2, 0) is 16.1 Å². The second kappa shape index (κ2) is 5.11. The van der Waals surface area contributed by atoms with Crippen LogP contribution in [0.5, 0.6) is 0 Å². The maximum atomic E-state index is 11.3. The Morgan fingerprint density at radius 2 is 2.33 bits per heavy atom. The molecule has 1 atom stereocenters.